The Hall–Kier alpha value is -0.840. The largest absolute Gasteiger partial charge is 0.485 e. The summed E-state index contributed by atoms with van der Waals surface area (Å²) < 4.78 is 10.4. The van der Waals surface area contributed by atoms with Crippen LogP contribution in [0.1, 0.15) is 0 Å². The molecule has 2 N–H and O–H groups in total. The molecule has 0 aliphatic heterocycles. The normalized spacial score (nSPS) is 12.5. The summed E-state index contributed by atoms with van der Waals surface area (Å²) in [7, 11) is 1.60. The second kappa shape index (κ2) is 5.80. The molecule has 0 saturated heterocycles. The van der Waals surface area contributed by atoms with E-state index in [1.807, 2.05) is 0 Å². The van der Waals surface area contributed by atoms with E-state index < -0.39 is 0 Å². The van der Waals surface area contributed by atoms with Crippen molar-refractivity contribution in [1.29, 1.82) is 0 Å². The summed E-state index contributed by atoms with van der Waals surface area (Å²) in [5, 5.41) is 0.538. The van der Waals surface area contributed by atoms with Crippen LogP contribution >= 0.6 is 11.6 Å². The van der Waals surface area contributed by atoms with E-state index in [1.54, 1.807) is 25.6 Å². The van der Waals surface area contributed by atoms with Crippen LogP contribution in [-0.2, 0) is 4.74 Å². The van der Waals surface area contributed by atoms with Crippen molar-refractivity contribution in [3.8, 4) is 5.75 Å². The Bertz CT molecular complexity index is 283. The zero-order chi connectivity index (χ0) is 10.4. The van der Waals surface area contributed by atoms with Gasteiger partial charge in [-0.25, -0.2) is 0 Å². The molecule has 1 rings (SSSR count). The molecule has 1 aromatic heterocycles. The van der Waals surface area contributed by atoms with Crippen LogP contribution in [0.25, 0.3) is 0 Å². The van der Waals surface area contributed by atoms with E-state index in [0.29, 0.717) is 23.9 Å². The van der Waals surface area contributed by atoms with E-state index >= 15 is 0 Å². The lowest BCUT2D eigenvalue weighted by Crippen LogP contribution is -2.31. The van der Waals surface area contributed by atoms with Crippen molar-refractivity contribution in [3.05, 3.63) is 23.5 Å². The standard InChI is InChI=1S/C9H13ClN2O2/c1-13-6-9(3-11)14-8-2-7(10)4-12-5-8/h2,4-5,9H,3,6,11H2,1H3. The highest BCUT2D eigenvalue weighted by atomic mass is 35.5. The van der Waals surface area contributed by atoms with Gasteiger partial charge in [-0.3, -0.25) is 4.98 Å². The minimum absolute atomic E-state index is 0.166. The maximum atomic E-state index is 5.74. The molecule has 0 amide bonds. The van der Waals surface area contributed by atoms with Gasteiger partial charge in [0, 0.05) is 25.9 Å². The Balaban J connectivity index is 2.57. The number of aromatic nitrogens is 1. The first-order chi connectivity index (χ1) is 6.76. The van der Waals surface area contributed by atoms with Gasteiger partial charge in [-0.1, -0.05) is 11.6 Å². The maximum absolute atomic E-state index is 5.74. The fourth-order valence-electron chi connectivity index (χ4n) is 0.985. The number of nitrogens with zero attached hydrogens (tertiary/aromatic N) is 1. The molecule has 78 valence electrons. The highest BCUT2D eigenvalue weighted by molar-refractivity contribution is 6.30. The quantitative estimate of drug-likeness (QED) is 0.801. The predicted molar refractivity (Wildman–Crippen MR) is 54.6 cm³/mol. The number of halogens is 1. The van der Waals surface area contributed by atoms with Crippen LogP contribution < -0.4 is 10.5 Å². The fourth-order valence-corrected chi connectivity index (χ4v) is 1.15. The minimum atomic E-state index is -0.166. The molecule has 0 bridgehead atoms. The Kier molecular flexibility index (Phi) is 4.65. The lowest BCUT2D eigenvalue weighted by atomic mass is 10.3. The highest BCUT2D eigenvalue weighted by Gasteiger charge is 2.07. The first-order valence-corrected chi connectivity index (χ1v) is 4.60. The first-order valence-electron chi connectivity index (χ1n) is 4.22. The van der Waals surface area contributed by atoms with Gasteiger partial charge in [0.15, 0.2) is 0 Å². The van der Waals surface area contributed by atoms with Crippen LogP contribution in [0.4, 0.5) is 0 Å². The second-order valence-corrected chi connectivity index (χ2v) is 3.21. The smallest absolute Gasteiger partial charge is 0.139 e. The van der Waals surface area contributed by atoms with Gasteiger partial charge in [-0.2, -0.15) is 0 Å². The van der Waals surface area contributed by atoms with Gasteiger partial charge in [-0.15, -0.1) is 0 Å². The zero-order valence-electron chi connectivity index (χ0n) is 7.94. The summed E-state index contributed by atoms with van der Waals surface area (Å²) >= 11 is 5.74. The number of nitrogens with two attached hydrogens (primary N) is 1. The minimum Gasteiger partial charge on any atom is -0.485 e. The first kappa shape index (κ1) is 11.2. The lowest BCUT2D eigenvalue weighted by Gasteiger charge is -2.15. The molecule has 5 heteroatoms. The van der Waals surface area contributed by atoms with Gasteiger partial charge in [0.2, 0.25) is 0 Å². The van der Waals surface area contributed by atoms with Gasteiger partial charge in [-0.05, 0) is 0 Å². The third-order valence-corrected chi connectivity index (χ3v) is 1.80. The van der Waals surface area contributed by atoms with Crippen molar-refractivity contribution in [2.45, 2.75) is 6.10 Å². The SMILES string of the molecule is COCC(CN)Oc1cncc(Cl)c1. The molecule has 0 aliphatic rings. The van der Waals surface area contributed by atoms with Crippen molar-refractivity contribution in [3.63, 3.8) is 0 Å². The number of rotatable bonds is 5. The van der Waals surface area contributed by atoms with Crippen LogP contribution in [0, 0.1) is 0 Å². The number of ether oxygens (including phenoxy) is 2. The van der Waals surface area contributed by atoms with E-state index in [2.05, 4.69) is 4.98 Å². The molecule has 0 radical (unpaired) electrons. The van der Waals surface area contributed by atoms with Crippen LogP contribution in [-0.4, -0.2) is 31.3 Å². The summed E-state index contributed by atoms with van der Waals surface area (Å²) in [6.45, 7) is 0.837. The summed E-state index contributed by atoms with van der Waals surface area (Å²) in [6, 6.07) is 1.69. The third-order valence-electron chi connectivity index (χ3n) is 1.60. The number of methoxy groups -OCH3 is 1. The number of hydrogen-bond donors (Lipinski definition) is 1. The van der Waals surface area contributed by atoms with Crippen molar-refractivity contribution in [2.75, 3.05) is 20.3 Å². The van der Waals surface area contributed by atoms with E-state index in [-0.39, 0.29) is 6.10 Å². The van der Waals surface area contributed by atoms with Crippen LogP contribution in [0.2, 0.25) is 5.02 Å². The van der Waals surface area contributed by atoms with Gasteiger partial charge in [0.25, 0.3) is 0 Å². The molecule has 1 aromatic rings. The van der Waals surface area contributed by atoms with E-state index in [4.69, 9.17) is 26.8 Å². The van der Waals surface area contributed by atoms with Crippen molar-refractivity contribution in [2.24, 2.45) is 5.73 Å². The number of pyridine rings is 1. The maximum Gasteiger partial charge on any atom is 0.139 e. The molecule has 0 saturated carbocycles. The van der Waals surface area contributed by atoms with Crippen molar-refractivity contribution < 1.29 is 9.47 Å². The average Bonchev–Trinajstić information content (AvgIpc) is 2.17. The average molecular weight is 217 g/mol. The summed E-state index contributed by atoms with van der Waals surface area (Å²) in [5.74, 6) is 0.602. The van der Waals surface area contributed by atoms with Gasteiger partial charge in [0.05, 0.1) is 17.8 Å². The van der Waals surface area contributed by atoms with Crippen LogP contribution in [0.15, 0.2) is 18.5 Å². The van der Waals surface area contributed by atoms with Crippen molar-refractivity contribution in [1.82, 2.24) is 4.98 Å². The molecule has 14 heavy (non-hydrogen) atoms. The highest BCUT2D eigenvalue weighted by Crippen LogP contribution is 2.16. The molecule has 1 atom stereocenters. The van der Waals surface area contributed by atoms with Gasteiger partial charge >= 0.3 is 0 Å². The van der Waals surface area contributed by atoms with E-state index in [0.717, 1.165) is 0 Å². The topological polar surface area (TPSA) is 57.4 Å². The lowest BCUT2D eigenvalue weighted by molar-refractivity contribution is 0.0858. The molecule has 0 aromatic carbocycles. The molecule has 0 aliphatic carbocycles. The third kappa shape index (κ3) is 3.49. The van der Waals surface area contributed by atoms with Crippen LogP contribution in [0.5, 0.6) is 5.75 Å². The Morgan fingerprint density at radius 2 is 2.36 bits per heavy atom. The summed E-state index contributed by atoms with van der Waals surface area (Å²) in [6.07, 6.45) is 2.96. The molecule has 4 nitrogen and oxygen atoms in total. The molecule has 0 fully saturated rings. The van der Waals surface area contributed by atoms with E-state index in [9.17, 15) is 0 Å². The zero-order valence-corrected chi connectivity index (χ0v) is 8.70. The molecule has 0 spiro atoms. The van der Waals surface area contributed by atoms with Gasteiger partial charge in [0.1, 0.15) is 11.9 Å². The summed E-state index contributed by atoms with van der Waals surface area (Å²) in [4.78, 5) is 3.89. The monoisotopic (exact) mass is 216 g/mol. The summed E-state index contributed by atoms with van der Waals surface area (Å²) in [5.41, 5.74) is 5.49. The molecular weight excluding hydrogens is 204 g/mol. The fraction of sp³-hybridized carbons (Fsp3) is 0.444. The van der Waals surface area contributed by atoms with Crippen LogP contribution in [0.3, 0.4) is 0 Å². The van der Waals surface area contributed by atoms with Crippen molar-refractivity contribution >= 4 is 11.6 Å². The second-order valence-electron chi connectivity index (χ2n) is 2.77. The predicted octanol–water partition coefficient (Wildman–Crippen LogP) is 1.09. The Morgan fingerprint density at radius 3 is 2.93 bits per heavy atom. The van der Waals surface area contributed by atoms with E-state index in [1.165, 1.54) is 0 Å². The van der Waals surface area contributed by atoms with Gasteiger partial charge < -0.3 is 15.2 Å². The number of hydrogen-bond acceptors (Lipinski definition) is 4. The molecule has 1 heterocycles. The Morgan fingerprint density at radius 1 is 1.57 bits per heavy atom. The Labute approximate surface area is 88.0 Å². The molecule has 1 unspecified atom stereocenters. The molecular formula is C9H13ClN2O2.